The van der Waals surface area contributed by atoms with Crippen molar-refractivity contribution in [3.05, 3.63) is 160 Å². The van der Waals surface area contributed by atoms with Crippen LogP contribution in [0, 0.1) is 5.82 Å². The topological polar surface area (TPSA) is 127 Å². The summed E-state index contributed by atoms with van der Waals surface area (Å²) in [5.74, 6) is -8.03. The Hall–Kier alpha value is -6.09. The fourth-order valence-electron chi connectivity index (χ4n) is 4.44. The zero-order valence-corrected chi connectivity index (χ0v) is 22.9. The highest BCUT2D eigenvalue weighted by atomic mass is 19.1. The molecule has 5 rings (SSSR count). The van der Waals surface area contributed by atoms with E-state index in [1.807, 2.05) is 0 Å². The summed E-state index contributed by atoms with van der Waals surface area (Å²) in [6.07, 6.45) is 0. The van der Waals surface area contributed by atoms with Gasteiger partial charge in [-0.15, -0.1) is 0 Å². The molecule has 8 nitrogen and oxygen atoms in total. The van der Waals surface area contributed by atoms with Crippen molar-refractivity contribution in [2.75, 3.05) is 0 Å². The Morgan fingerprint density at radius 1 is 0.545 bits per heavy atom. The largest absolute Gasteiger partial charge is 0.504 e. The van der Waals surface area contributed by atoms with Crippen LogP contribution in [-0.4, -0.2) is 33.7 Å². The summed E-state index contributed by atoms with van der Waals surface area (Å²) in [5, 5.41) is 22.4. The quantitative estimate of drug-likeness (QED) is 0.0890. The van der Waals surface area contributed by atoms with Crippen molar-refractivity contribution in [2.24, 2.45) is 0 Å². The van der Waals surface area contributed by atoms with E-state index in [1.54, 1.807) is 54.6 Å². The van der Waals surface area contributed by atoms with Gasteiger partial charge in [0.25, 0.3) is 0 Å². The highest BCUT2D eigenvalue weighted by molar-refractivity contribution is 6.24. The number of ketones is 2. The second-order valence-corrected chi connectivity index (χ2v) is 9.50. The molecule has 0 spiro atoms. The fourth-order valence-corrected chi connectivity index (χ4v) is 4.44. The Morgan fingerprint density at radius 2 is 1.05 bits per heavy atom. The molecule has 218 valence electrons. The second-order valence-electron chi connectivity index (χ2n) is 9.50. The van der Waals surface area contributed by atoms with Gasteiger partial charge in [-0.05, 0) is 42.0 Å². The molecule has 0 aliphatic carbocycles. The Balaban J connectivity index is 1.76. The first kappa shape index (κ1) is 29.4. The number of phenolic OH excluding ortho intramolecular Hbond substituents is 2. The first-order valence-corrected chi connectivity index (χ1v) is 13.3. The number of rotatable bonds is 9. The molecule has 44 heavy (non-hydrogen) atoms. The van der Waals surface area contributed by atoms with Crippen molar-refractivity contribution in [1.29, 1.82) is 0 Å². The number of esters is 2. The maximum Gasteiger partial charge on any atom is 0.343 e. The van der Waals surface area contributed by atoms with Crippen LogP contribution in [0.15, 0.2) is 115 Å². The van der Waals surface area contributed by atoms with Crippen molar-refractivity contribution >= 4 is 23.5 Å². The molecule has 0 radical (unpaired) electrons. The molecule has 0 saturated heterocycles. The molecular formula is C35H23FO8. The third-order valence-electron chi connectivity index (χ3n) is 6.62. The lowest BCUT2D eigenvalue weighted by Gasteiger charge is -2.20. The van der Waals surface area contributed by atoms with Crippen molar-refractivity contribution in [2.45, 2.75) is 6.61 Å². The molecule has 0 saturated carbocycles. The van der Waals surface area contributed by atoms with Gasteiger partial charge in [0.1, 0.15) is 12.4 Å². The van der Waals surface area contributed by atoms with Gasteiger partial charge >= 0.3 is 11.9 Å². The normalized spacial score (nSPS) is 10.6. The van der Waals surface area contributed by atoms with Crippen LogP contribution in [0.25, 0.3) is 0 Å². The number of carbonyl (C=O) groups is 4. The molecule has 0 heterocycles. The van der Waals surface area contributed by atoms with E-state index < -0.39 is 63.3 Å². The second kappa shape index (κ2) is 12.8. The van der Waals surface area contributed by atoms with Gasteiger partial charge in [0.2, 0.25) is 5.75 Å². The number of hydrogen-bond acceptors (Lipinski definition) is 8. The van der Waals surface area contributed by atoms with Gasteiger partial charge in [-0.1, -0.05) is 78.9 Å². The summed E-state index contributed by atoms with van der Waals surface area (Å²) in [5.41, 5.74) is -1.83. The van der Waals surface area contributed by atoms with Crippen LogP contribution in [0.2, 0.25) is 0 Å². The van der Waals surface area contributed by atoms with Crippen LogP contribution >= 0.6 is 0 Å². The predicted molar refractivity (Wildman–Crippen MR) is 156 cm³/mol. The fraction of sp³-hybridized carbons (Fsp3) is 0.0286. The van der Waals surface area contributed by atoms with E-state index in [-0.39, 0.29) is 23.3 Å². The minimum absolute atomic E-state index is 0.00789. The number of carbonyl (C=O) groups excluding carboxylic acids is 4. The van der Waals surface area contributed by atoms with Crippen LogP contribution in [0.4, 0.5) is 4.39 Å². The van der Waals surface area contributed by atoms with Gasteiger partial charge in [0, 0.05) is 11.1 Å². The van der Waals surface area contributed by atoms with Crippen LogP contribution in [-0.2, 0) is 11.3 Å². The molecule has 0 aromatic heterocycles. The monoisotopic (exact) mass is 590 g/mol. The maximum atomic E-state index is 14.0. The van der Waals surface area contributed by atoms with Crippen molar-refractivity contribution in [1.82, 2.24) is 0 Å². The summed E-state index contributed by atoms with van der Waals surface area (Å²) >= 11 is 0. The molecule has 2 N–H and O–H groups in total. The number of hydrogen-bond donors (Lipinski definition) is 2. The lowest BCUT2D eigenvalue weighted by molar-refractivity contribution is 0.0464. The summed E-state index contributed by atoms with van der Waals surface area (Å²) in [6, 6.07) is 27.8. The number of benzene rings is 5. The first-order valence-electron chi connectivity index (χ1n) is 13.3. The zero-order valence-electron chi connectivity index (χ0n) is 22.9. The van der Waals surface area contributed by atoms with E-state index in [4.69, 9.17) is 9.47 Å². The number of ether oxygens (including phenoxy) is 2. The summed E-state index contributed by atoms with van der Waals surface area (Å²) in [7, 11) is 0. The van der Waals surface area contributed by atoms with E-state index in [1.165, 1.54) is 36.4 Å². The molecular weight excluding hydrogens is 567 g/mol. The molecule has 5 aromatic carbocycles. The zero-order chi connectivity index (χ0) is 31.2. The van der Waals surface area contributed by atoms with Crippen LogP contribution in [0.5, 0.6) is 17.2 Å². The van der Waals surface area contributed by atoms with Gasteiger partial charge in [0.05, 0.1) is 22.3 Å². The third-order valence-corrected chi connectivity index (χ3v) is 6.62. The van der Waals surface area contributed by atoms with Crippen molar-refractivity contribution in [3.8, 4) is 17.2 Å². The van der Waals surface area contributed by atoms with Crippen LogP contribution < -0.4 is 4.74 Å². The highest BCUT2D eigenvalue weighted by Gasteiger charge is 2.37. The minimum atomic E-state index is -1.23. The molecule has 5 aromatic rings. The Labute approximate surface area is 250 Å². The average molecular weight is 591 g/mol. The lowest BCUT2D eigenvalue weighted by Crippen LogP contribution is -2.21. The van der Waals surface area contributed by atoms with Gasteiger partial charge in [0.15, 0.2) is 23.1 Å². The number of phenols is 2. The number of halogens is 1. The van der Waals surface area contributed by atoms with E-state index in [0.29, 0.717) is 5.56 Å². The standard InChI is InChI=1S/C35H23FO8/c36-25-18-16-23(17-19-25)30(38)28-26(35(42)43-20-21-10-4-1-5-11-21)27(29(37)22-12-6-2-7-13-22)31(39)32(40)33(28)44-34(41)24-14-8-3-9-15-24/h1-19,39-40H,20H2. The molecule has 0 aliphatic rings. The Bertz CT molecular complexity index is 1850. The van der Waals surface area contributed by atoms with Gasteiger partial charge in [-0.25, -0.2) is 14.0 Å². The van der Waals surface area contributed by atoms with Gasteiger partial charge < -0.3 is 19.7 Å². The van der Waals surface area contributed by atoms with Crippen molar-refractivity contribution in [3.63, 3.8) is 0 Å². The molecule has 0 atom stereocenters. The van der Waals surface area contributed by atoms with Crippen molar-refractivity contribution < 1.29 is 43.3 Å². The summed E-state index contributed by atoms with van der Waals surface area (Å²) in [6.45, 7) is -0.288. The Kier molecular flexibility index (Phi) is 8.57. The molecule has 0 aliphatic heterocycles. The third kappa shape index (κ3) is 6.07. The van der Waals surface area contributed by atoms with Crippen LogP contribution in [0.1, 0.15) is 58.1 Å². The maximum absolute atomic E-state index is 14.0. The lowest BCUT2D eigenvalue weighted by atomic mass is 9.88. The molecule has 0 unspecified atom stereocenters. The summed E-state index contributed by atoms with van der Waals surface area (Å²) in [4.78, 5) is 54.8. The molecule has 0 amide bonds. The smallest absolute Gasteiger partial charge is 0.343 e. The number of aromatic hydroxyl groups is 2. The summed E-state index contributed by atoms with van der Waals surface area (Å²) < 4.78 is 24.7. The van der Waals surface area contributed by atoms with E-state index in [0.717, 1.165) is 24.3 Å². The molecule has 0 fully saturated rings. The van der Waals surface area contributed by atoms with E-state index in [9.17, 15) is 33.8 Å². The van der Waals surface area contributed by atoms with E-state index in [2.05, 4.69) is 0 Å². The first-order chi connectivity index (χ1) is 21.3. The average Bonchev–Trinajstić information content (AvgIpc) is 3.06. The van der Waals surface area contributed by atoms with Crippen LogP contribution in [0.3, 0.4) is 0 Å². The van der Waals surface area contributed by atoms with E-state index >= 15 is 0 Å². The SMILES string of the molecule is O=C(Oc1c(O)c(O)c(C(=O)c2ccccc2)c(C(=O)OCc2ccccc2)c1C(=O)c1ccc(F)cc1)c1ccccc1. The Morgan fingerprint density at radius 3 is 1.64 bits per heavy atom. The minimum Gasteiger partial charge on any atom is -0.504 e. The highest BCUT2D eigenvalue weighted by Crippen LogP contribution is 2.46. The van der Waals surface area contributed by atoms with Gasteiger partial charge in [-0.2, -0.15) is 0 Å². The molecule has 0 bridgehead atoms. The van der Waals surface area contributed by atoms with Gasteiger partial charge in [-0.3, -0.25) is 9.59 Å². The molecule has 9 heteroatoms. The predicted octanol–water partition coefficient (Wildman–Crippen LogP) is 6.28.